The first-order valence-electron chi connectivity index (χ1n) is 6.35. The van der Waals surface area contributed by atoms with Crippen LogP contribution >= 0.6 is 0 Å². The normalized spacial score (nSPS) is 10.2. The lowest BCUT2D eigenvalue weighted by Gasteiger charge is -2.05. The largest absolute Gasteiger partial charge is 0.481 e. The third-order valence-corrected chi connectivity index (χ3v) is 2.71. The molecule has 19 heavy (non-hydrogen) atoms. The fourth-order valence-corrected chi connectivity index (χ4v) is 1.66. The number of unbranched alkanes of at least 4 members (excludes halogenated alkanes) is 3. The molecule has 0 fully saturated rings. The SMILES string of the molecule is O=C(O)CCCCCCNC(=O)c1ccc(F)cc1. The summed E-state index contributed by atoms with van der Waals surface area (Å²) < 4.78 is 12.7. The van der Waals surface area contributed by atoms with Crippen LogP contribution < -0.4 is 5.32 Å². The van der Waals surface area contributed by atoms with Gasteiger partial charge in [0.15, 0.2) is 0 Å². The van der Waals surface area contributed by atoms with E-state index in [-0.39, 0.29) is 18.1 Å². The van der Waals surface area contributed by atoms with Crippen molar-refractivity contribution < 1.29 is 19.1 Å². The standard InChI is InChI=1S/C14H18FNO3/c15-12-8-6-11(7-9-12)14(19)16-10-4-2-1-3-5-13(17)18/h6-9H,1-5,10H2,(H,16,19)(H,17,18). The van der Waals surface area contributed by atoms with Crippen LogP contribution in [0, 0.1) is 5.82 Å². The second-order valence-corrected chi connectivity index (χ2v) is 4.32. The molecule has 1 rings (SSSR count). The maximum Gasteiger partial charge on any atom is 0.303 e. The van der Waals surface area contributed by atoms with E-state index in [1.165, 1.54) is 24.3 Å². The Balaban J connectivity index is 2.11. The number of hydrogen-bond acceptors (Lipinski definition) is 2. The van der Waals surface area contributed by atoms with Crippen molar-refractivity contribution in [2.45, 2.75) is 32.1 Å². The van der Waals surface area contributed by atoms with Gasteiger partial charge in [-0.25, -0.2) is 4.39 Å². The Labute approximate surface area is 111 Å². The number of halogens is 1. The van der Waals surface area contributed by atoms with Gasteiger partial charge in [0, 0.05) is 18.5 Å². The highest BCUT2D eigenvalue weighted by Crippen LogP contribution is 2.04. The quantitative estimate of drug-likeness (QED) is 0.711. The summed E-state index contributed by atoms with van der Waals surface area (Å²) in [5.41, 5.74) is 0.437. The van der Waals surface area contributed by atoms with Gasteiger partial charge in [-0.2, -0.15) is 0 Å². The molecule has 104 valence electrons. The van der Waals surface area contributed by atoms with E-state index < -0.39 is 5.97 Å². The third kappa shape index (κ3) is 6.55. The smallest absolute Gasteiger partial charge is 0.303 e. The number of aliphatic carboxylic acids is 1. The van der Waals surface area contributed by atoms with Crippen molar-refractivity contribution in [2.24, 2.45) is 0 Å². The lowest BCUT2D eigenvalue weighted by molar-refractivity contribution is -0.137. The number of carbonyl (C=O) groups excluding carboxylic acids is 1. The minimum Gasteiger partial charge on any atom is -0.481 e. The van der Waals surface area contributed by atoms with Crippen molar-refractivity contribution in [1.82, 2.24) is 5.32 Å². The maximum absolute atomic E-state index is 12.7. The van der Waals surface area contributed by atoms with Gasteiger partial charge in [-0.05, 0) is 37.1 Å². The first kappa shape index (κ1) is 15.1. The van der Waals surface area contributed by atoms with Crippen molar-refractivity contribution in [3.63, 3.8) is 0 Å². The fraction of sp³-hybridized carbons (Fsp3) is 0.429. The molecule has 0 saturated carbocycles. The van der Waals surface area contributed by atoms with Crippen LogP contribution in [-0.2, 0) is 4.79 Å². The molecule has 0 aliphatic heterocycles. The van der Waals surface area contributed by atoms with Gasteiger partial charge in [0.1, 0.15) is 5.82 Å². The predicted octanol–water partition coefficient (Wildman–Crippen LogP) is 2.59. The summed E-state index contributed by atoms with van der Waals surface area (Å²) in [6.07, 6.45) is 3.41. The number of hydrogen-bond donors (Lipinski definition) is 2. The number of carboxylic acids is 1. The van der Waals surface area contributed by atoms with Crippen molar-refractivity contribution >= 4 is 11.9 Å². The first-order valence-corrected chi connectivity index (χ1v) is 6.35. The molecule has 1 aromatic rings. The molecule has 1 aromatic carbocycles. The number of rotatable bonds is 8. The lowest BCUT2D eigenvalue weighted by atomic mass is 10.1. The summed E-state index contributed by atoms with van der Waals surface area (Å²) in [5.74, 6) is -1.36. The molecular formula is C14H18FNO3. The van der Waals surface area contributed by atoms with Crippen LogP contribution in [-0.4, -0.2) is 23.5 Å². The summed E-state index contributed by atoms with van der Waals surface area (Å²) in [7, 11) is 0. The zero-order valence-corrected chi connectivity index (χ0v) is 10.7. The van der Waals surface area contributed by atoms with E-state index >= 15 is 0 Å². The summed E-state index contributed by atoms with van der Waals surface area (Å²) in [6.45, 7) is 0.545. The molecule has 0 unspecified atom stereocenters. The van der Waals surface area contributed by atoms with Gasteiger partial charge in [0.05, 0.1) is 0 Å². The van der Waals surface area contributed by atoms with Crippen molar-refractivity contribution in [1.29, 1.82) is 0 Å². The molecule has 2 N–H and O–H groups in total. The first-order chi connectivity index (χ1) is 9.09. The molecule has 0 heterocycles. The van der Waals surface area contributed by atoms with Crippen molar-refractivity contribution in [3.8, 4) is 0 Å². The summed E-state index contributed by atoms with van der Waals surface area (Å²) >= 11 is 0. The van der Waals surface area contributed by atoms with Crippen LogP contribution in [0.15, 0.2) is 24.3 Å². The Hall–Kier alpha value is -1.91. The molecule has 0 aromatic heterocycles. The molecule has 0 saturated heterocycles. The van der Waals surface area contributed by atoms with Crippen LogP contribution in [0.2, 0.25) is 0 Å². The average molecular weight is 267 g/mol. The Kier molecular flexibility index (Phi) is 6.57. The van der Waals surface area contributed by atoms with E-state index in [4.69, 9.17) is 5.11 Å². The third-order valence-electron chi connectivity index (χ3n) is 2.71. The number of carbonyl (C=O) groups is 2. The Morgan fingerprint density at radius 2 is 1.68 bits per heavy atom. The summed E-state index contributed by atoms with van der Waals surface area (Å²) in [6, 6.07) is 5.39. The van der Waals surface area contributed by atoms with Gasteiger partial charge in [0.2, 0.25) is 0 Å². The summed E-state index contributed by atoms with van der Waals surface area (Å²) in [5, 5.41) is 11.2. The van der Waals surface area contributed by atoms with Crippen LogP contribution in [0.3, 0.4) is 0 Å². The molecule has 0 atom stereocenters. The molecule has 5 heteroatoms. The van der Waals surface area contributed by atoms with E-state index in [0.29, 0.717) is 18.5 Å². The van der Waals surface area contributed by atoms with E-state index in [0.717, 1.165) is 19.3 Å². The number of nitrogens with one attached hydrogen (secondary N) is 1. The Morgan fingerprint density at radius 1 is 1.05 bits per heavy atom. The summed E-state index contributed by atoms with van der Waals surface area (Å²) in [4.78, 5) is 21.9. The number of carboxylic acid groups (broad SMARTS) is 1. The highest BCUT2D eigenvalue weighted by Gasteiger charge is 2.04. The van der Waals surface area contributed by atoms with Gasteiger partial charge < -0.3 is 10.4 Å². The molecule has 0 bridgehead atoms. The monoisotopic (exact) mass is 267 g/mol. The van der Waals surface area contributed by atoms with Crippen molar-refractivity contribution in [3.05, 3.63) is 35.6 Å². The van der Waals surface area contributed by atoms with E-state index in [1.54, 1.807) is 0 Å². The van der Waals surface area contributed by atoms with Gasteiger partial charge >= 0.3 is 5.97 Å². The maximum atomic E-state index is 12.7. The minimum atomic E-state index is -0.774. The zero-order valence-electron chi connectivity index (χ0n) is 10.7. The highest BCUT2D eigenvalue weighted by molar-refractivity contribution is 5.94. The van der Waals surface area contributed by atoms with Gasteiger partial charge in [-0.3, -0.25) is 9.59 Å². The molecular weight excluding hydrogens is 249 g/mol. The molecule has 4 nitrogen and oxygen atoms in total. The van der Waals surface area contributed by atoms with Gasteiger partial charge in [0.25, 0.3) is 5.91 Å². The number of amides is 1. The van der Waals surface area contributed by atoms with Crippen molar-refractivity contribution in [2.75, 3.05) is 6.54 Å². The molecule has 0 aliphatic carbocycles. The molecule has 0 radical (unpaired) electrons. The second-order valence-electron chi connectivity index (χ2n) is 4.32. The minimum absolute atomic E-state index is 0.196. The molecule has 1 amide bonds. The van der Waals surface area contributed by atoms with Gasteiger partial charge in [-0.15, -0.1) is 0 Å². The zero-order chi connectivity index (χ0) is 14.1. The molecule has 0 aliphatic rings. The van der Waals surface area contributed by atoms with Gasteiger partial charge in [-0.1, -0.05) is 12.8 Å². The van der Waals surface area contributed by atoms with E-state index in [9.17, 15) is 14.0 Å². The lowest BCUT2D eigenvalue weighted by Crippen LogP contribution is -2.24. The van der Waals surface area contributed by atoms with Crippen LogP contribution in [0.25, 0.3) is 0 Å². The van der Waals surface area contributed by atoms with E-state index in [2.05, 4.69) is 5.32 Å². The van der Waals surface area contributed by atoms with E-state index in [1.807, 2.05) is 0 Å². The van der Waals surface area contributed by atoms with Crippen LogP contribution in [0.4, 0.5) is 4.39 Å². The molecule has 0 spiro atoms. The predicted molar refractivity (Wildman–Crippen MR) is 69.5 cm³/mol. The Bertz CT molecular complexity index is 417. The van der Waals surface area contributed by atoms with Crippen LogP contribution in [0.1, 0.15) is 42.5 Å². The highest BCUT2D eigenvalue weighted by atomic mass is 19.1. The topological polar surface area (TPSA) is 66.4 Å². The van der Waals surface area contributed by atoms with Crippen LogP contribution in [0.5, 0.6) is 0 Å². The Morgan fingerprint density at radius 3 is 2.32 bits per heavy atom. The fourth-order valence-electron chi connectivity index (χ4n) is 1.66. The second kappa shape index (κ2) is 8.24. The number of benzene rings is 1. The average Bonchev–Trinajstić information content (AvgIpc) is 2.38.